The third-order valence-electron chi connectivity index (χ3n) is 2.90. The van der Waals surface area contributed by atoms with Gasteiger partial charge in [0.2, 0.25) is 0 Å². The Hall–Kier alpha value is -0.670. The van der Waals surface area contributed by atoms with Gasteiger partial charge in [0.05, 0.1) is 6.61 Å². The minimum Gasteiger partial charge on any atom is -0.315 e. The van der Waals surface area contributed by atoms with Gasteiger partial charge in [-0.25, -0.2) is 9.45 Å². The van der Waals surface area contributed by atoms with Crippen molar-refractivity contribution in [3.05, 3.63) is 12.8 Å². The Balaban J connectivity index is 0. The Labute approximate surface area is 163 Å². The third-order valence-corrected chi connectivity index (χ3v) is 2.90. The van der Waals surface area contributed by atoms with E-state index in [9.17, 15) is 0 Å². The minimum absolute atomic E-state index is 0.382. The molecule has 0 aromatic heterocycles. The zero-order valence-electron chi connectivity index (χ0n) is 15.9. The first-order chi connectivity index (χ1) is 13.4. The fraction of sp³-hybridized carbons (Fsp3) is 0.857. The molecule has 0 aliphatic rings. The van der Waals surface area contributed by atoms with Crippen LogP contribution in [0, 0.1) is 0 Å². The molecule has 0 heterocycles. The van der Waals surface area contributed by atoms with Crippen molar-refractivity contribution < 1.29 is 64.3 Å². The van der Waals surface area contributed by atoms with Crippen LogP contribution < -0.4 is 0 Å². The molecule has 3 N–H and O–H groups in total. The molecule has 0 unspecified atom stereocenters. The quantitative estimate of drug-likeness (QED) is 0.0832. The lowest BCUT2D eigenvalue weighted by atomic mass is 10.1. The summed E-state index contributed by atoms with van der Waals surface area (Å²) in [4.78, 5) is 30.3. The Bertz CT molecular complexity index is 344. The predicted octanol–water partition coefficient (Wildman–Crippen LogP) is 3.59. The lowest BCUT2D eigenvalue weighted by Crippen LogP contribution is -2.02. The van der Waals surface area contributed by atoms with Crippen LogP contribution >= 0.6 is 7.82 Å². The summed E-state index contributed by atoms with van der Waals surface area (Å²) < 4.78 is 8.88. The van der Waals surface area contributed by atoms with E-state index >= 15 is 0 Å². The van der Waals surface area contributed by atoms with E-state index in [4.69, 9.17) is 19.2 Å². The highest BCUT2D eigenvalue weighted by molar-refractivity contribution is 7.45. The van der Waals surface area contributed by atoms with Crippen molar-refractivity contribution >= 4 is 7.82 Å². The molecule has 0 bridgehead atoms. The molecule has 0 aromatic carbocycles. The van der Waals surface area contributed by atoms with E-state index in [-0.39, 0.29) is 0 Å². The molecule has 14 heteroatoms. The van der Waals surface area contributed by atoms with Gasteiger partial charge in [-0.15, -0.1) is 0 Å². The fourth-order valence-corrected chi connectivity index (χ4v) is 1.80. The predicted molar refractivity (Wildman–Crippen MR) is 90.9 cm³/mol. The molecule has 0 aromatic rings. The van der Waals surface area contributed by atoms with Crippen molar-refractivity contribution in [2.45, 2.75) is 71.1 Å². The van der Waals surface area contributed by atoms with Gasteiger partial charge in [0.15, 0.2) is 0 Å². The van der Waals surface area contributed by atoms with Gasteiger partial charge in [-0.3, -0.25) is 0 Å². The Morgan fingerprint density at radius 1 is 0.714 bits per heavy atom. The van der Waals surface area contributed by atoms with E-state index in [1.54, 1.807) is 0 Å². The molecule has 0 atom stereocenters. The second kappa shape index (κ2) is 24.4. The van der Waals surface area contributed by atoms with E-state index in [1.165, 1.54) is 51.4 Å². The van der Waals surface area contributed by atoms with Crippen molar-refractivity contribution in [1.29, 1.82) is 0 Å². The van der Waals surface area contributed by atoms with Crippen LogP contribution in [0.4, 0.5) is 0 Å². The Morgan fingerprint density at radius 3 is 1.57 bits per heavy atom. The molecule has 0 aliphatic heterocycles. The van der Waals surface area contributed by atoms with Gasteiger partial charge in [-0.1, -0.05) is 71.3 Å². The molecular formula is C14H31O13P. The molecular weight excluding hydrogens is 407 g/mol. The fourth-order valence-electron chi connectivity index (χ4n) is 1.80. The van der Waals surface area contributed by atoms with Gasteiger partial charge in [-0.2, -0.15) is 0 Å². The standard InChI is InChI=1S/C14H28O9.H3O4P/c1-3-5-6-7-8-9-10-11-12-13-14-16-18-20-22-23-21-19-17-15-4-2;1-5(2,3)4/h4H,2-3,5-14H2,1H3;(H3,1,2,3,4). The largest absolute Gasteiger partial charge is 0.466 e. The van der Waals surface area contributed by atoms with Gasteiger partial charge < -0.3 is 19.6 Å². The normalized spacial score (nSPS) is 11.0. The van der Waals surface area contributed by atoms with E-state index in [0.29, 0.717) is 6.61 Å². The average molecular weight is 438 g/mol. The van der Waals surface area contributed by atoms with Crippen LogP contribution in [0.1, 0.15) is 71.1 Å². The maximum absolute atomic E-state index is 8.88. The molecule has 28 heavy (non-hydrogen) atoms. The first-order valence-corrected chi connectivity index (χ1v) is 10.3. The summed E-state index contributed by atoms with van der Waals surface area (Å²) in [6.07, 6.45) is 13.3. The lowest BCUT2D eigenvalue weighted by molar-refractivity contribution is -0.829. The maximum Gasteiger partial charge on any atom is 0.466 e. The summed E-state index contributed by atoms with van der Waals surface area (Å²) in [6, 6.07) is 0. The Morgan fingerprint density at radius 2 is 1.11 bits per heavy atom. The highest BCUT2D eigenvalue weighted by Gasteiger charge is 2.00. The lowest BCUT2D eigenvalue weighted by Gasteiger charge is -2.02. The summed E-state index contributed by atoms with van der Waals surface area (Å²) in [5.74, 6) is 0. The summed E-state index contributed by atoms with van der Waals surface area (Å²) >= 11 is 0. The van der Waals surface area contributed by atoms with Gasteiger partial charge in [0.25, 0.3) is 0 Å². The summed E-state index contributed by atoms with van der Waals surface area (Å²) in [5.41, 5.74) is 0. The average Bonchev–Trinajstić information content (AvgIpc) is 2.62. The zero-order chi connectivity index (χ0) is 21.3. The van der Waals surface area contributed by atoms with E-state index in [0.717, 1.165) is 19.1 Å². The minimum atomic E-state index is -4.64. The molecule has 0 amide bonds. The second-order valence-corrected chi connectivity index (χ2v) is 6.28. The molecule has 0 radical (unpaired) electrons. The van der Waals surface area contributed by atoms with Crippen molar-refractivity contribution in [3.63, 3.8) is 0 Å². The topological polar surface area (TPSA) is 161 Å². The van der Waals surface area contributed by atoms with Crippen molar-refractivity contribution in [3.8, 4) is 0 Å². The van der Waals surface area contributed by atoms with Crippen molar-refractivity contribution in [2.24, 2.45) is 0 Å². The van der Waals surface area contributed by atoms with E-state index in [1.807, 2.05) is 0 Å². The number of unbranched alkanes of at least 4 members (excludes halogenated alkanes) is 9. The van der Waals surface area contributed by atoms with Crippen molar-refractivity contribution in [1.82, 2.24) is 0 Å². The van der Waals surface area contributed by atoms with Crippen LogP contribution in [0.25, 0.3) is 0 Å². The summed E-state index contributed by atoms with van der Waals surface area (Å²) in [7, 11) is -4.64. The first-order valence-electron chi connectivity index (χ1n) is 8.76. The zero-order valence-corrected chi connectivity index (χ0v) is 16.8. The molecule has 0 saturated heterocycles. The van der Waals surface area contributed by atoms with Crippen LogP contribution in [0.15, 0.2) is 12.8 Å². The number of phosphoric acid groups is 1. The first kappa shape index (κ1) is 29.5. The molecule has 13 nitrogen and oxygen atoms in total. The van der Waals surface area contributed by atoms with Gasteiger partial charge >= 0.3 is 7.82 Å². The highest BCUT2D eigenvalue weighted by Crippen LogP contribution is 2.25. The number of hydrogen-bond acceptors (Lipinski definition) is 10. The van der Waals surface area contributed by atoms with Gasteiger partial charge in [0, 0.05) is 20.2 Å². The molecule has 0 spiro atoms. The smallest absolute Gasteiger partial charge is 0.315 e. The number of rotatable bonds is 20. The van der Waals surface area contributed by atoms with Crippen LogP contribution in [-0.4, -0.2) is 21.3 Å². The molecule has 0 rings (SSSR count). The van der Waals surface area contributed by atoms with Gasteiger partial charge in [-0.05, 0) is 21.5 Å². The highest BCUT2D eigenvalue weighted by atomic mass is 31.2. The molecule has 0 fully saturated rings. The van der Waals surface area contributed by atoms with Crippen LogP contribution in [0.2, 0.25) is 0 Å². The maximum atomic E-state index is 8.88. The van der Waals surface area contributed by atoms with E-state index in [2.05, 4.69) is 58.5 Å². The second-order valence-electron chi connectivity index (χ2n) is 5.26. The number of hydrogen-bond donors (Lipinski definition) is 3. The molecule has 170 valence electrons. The van der Waals surface area contributed by atoms with E-state index < -0.39 is 7.82 Å². The Kier molecular flexibility index (Phi) is 25.7. The molecule has 0 aliphatic carbocycles. The van der Waals surface area contributed by atoms with Crippen LogP contribution in [-0.2, 0) is 49.6 Å². The monoisotopic (exact) mass is 438 g/mol. The summed E-state index contributed by atoms with van der Waals surface area (Å²) in [5, 5.41) is 27.2. The summed E-state index contributed by atoms with van der Waals surface area (Å²) in [6.45, 7) is 5.77. The van der Waals surface area contributed by atoms with Crippen molar-refractivity contribution in [2.75, 3.05) is 6.61 Å². The molecule has 0 saturated carbocycles. The van der Waals surface area contributed by atoms with Gasteiger partial charge in [0.1, 0.15) is 6.26 Å². The van der Waals surface area contributed by atoms with Crippen LogP contribution in [0.3, 0.4) is 0 Å². The van der Waals surface area contributed by atoms with Crippen LogP contribution in [0.5, 0.6) is 0 Å². The SMILES string of the molecule is C=COOOOOOOOOCCCCCCCCCCCC.O=P(O)(O)O. The third kappa shape index (κ3) is 40.1.